The van der Waals surface area contributed by atoms with E-state index in [1.807, 2.05) is 20.8 Å². The Kier molecular flexibility index (Phi) is 5.20. The lowest BCUT2D eigenvalue weighted by Crippen LogP contribution is -2.44. The van der Waals surface area contributed by atoms with Gasteiger partial charge in [0.15, 0.2) is 0 Å². The molecular weight excluding hydrogens is 274 g/mol. The number of carboxylic acid groups (broad SMARTS) is 1. The van der Waals surface area contributed by atoms with Gasteiger partial charge in [-0.2, -0.15) is 0 Å². The largest absolute Gasteiger partial charge is 0.481 e. The summed E-state index contributed by atoms with van der Waals surface area (Å²) in [5.74, 6) is -0.952. The second-order valence-electron chi connectivity index (χ2n) is 6.78. The van der Waals surface area contributed by atoms with Crippen molar-refractivity contribution in [2.75, 3.05) is 26.2 Å². The number of aliphatic carboxylic acids is 1. The summed E-state index contributed by atoms with van der Waals surface area (Å²) in [7, 11) is 0. The summed E-state index contributed by atoms with van der Waals surface area (Å²) in [6.45, 7) is 8.41. The molecule has 1 aliphatic rings. The third-order valence-corrected chi connectivity index (χ3v) is 3.64. The Hall–Kier alpha value is -1.79. The molecule has 0 spiro atoms. The number of hydrogen-bond donors (Lipinski definition) is 3. The van der Waals surface area contributed by atoms with Gasteiger partial charge in [-0.3, -0.25) is 9.59 Å². The van der Waals surface area contributed by atoms with Gasteiger partial charge in [-0.15, -0.1) is 0 Å². The highest BCUT2D eigenvalue weighted by molar-refractivity contribution is 5.81. The molecule has 0 bridgehead atoms. The molecule has 0 aromatic carbocycles. The van der Waals surface area contributed by atoms with Gasteiger partial charge in [0.25, 0.3) is 0 Å². The lowest BCUT2D eigenvalue weighted by molar-refractivity contribution is -0.147. The first kappa shape index (κ1) is 17.3. The minimum absolute atomic E-state index is 0.0728. The molecule has 120 valence electrons. The molecule has 1 unspecified atom stereocenters. The van der Waals surface area contributed by atoms with E-state index < -0.39 is 16.8 Å². The van der Waals surface area contributed by atoms with E-state index in [1.54, 1.807) is 6.92 Å². The van der Waals surface area contributed by atoms with Gasteiger partial charge >= 0.3 is 12.0 Å². The number of nitrogens with zero attached hydrogens (tertiary/aromatic N) is 1. The van der Waals surface area contributed by atoms with Crippen LogP contribution in [0, 0.1) is 10.8 Å². The second-order valence-corrected chi connectivity index (χ2v) is 6.78. The van der Waals surface area contributed by atoms with E-state index in [0.29, 0.717) is 26.1 Å². The average Bonchev–Trinajstić information content (AvgIpc) is 2.77. The molecule has 0 aliphatic carbocycles. The van der Waals surface area contributed by atoms with E-state index in [9.17, 15) is 14.4 Å². The van der Waals surface area contributed by atoms with Crippen molar-refractivity contribution in [2.24, 2.45) is 10.8 Å². The van der Waals surface area contributed by atoms with Crippen LogP contribution >= 0.6 is 0 Å². The number of carbonyl (C=O) groups excluding carboxylic acids is 2. The summed E-state index contributed by atoms with van der Waals surface area (Å²) in [5.41, 5.74) is -1.32. The molecule has 1 fully saturated rings. The molecule has 0 aromatic rings. The van der Waals surface area contributed by atoms with Crippen molar-refractivity contribution < 1.29 is 19.5 Å². The van der Waals surface area contributed by atoms with E-state index in [1.165, 1.54) is 4.90 Å². The molecule has 1 rings (SSSR count). The normalized spacial score (nSPS) is 22.0. The van der Waals surface area contributed by atoms with Gasteiger partial charge in [0.05, 0.1) is 5.41 Å². The van der Waals surface area contributed by atoms with Crippen LogP contribution in [0.1, 0.15) is 34.1 Å². The van der Waals surface area contributed by atoms with Crippen molar-refractivity contribution >= 4 is 17.9 Å². The van der Waals surface area contributed by atoms with Gasteiger partial charge in [-0.25, -0.2) is 4.79 Å². The summed E-state index contributed by atoms with van der Waals surface area (Å²) in [4.78, 5) is 36.1. The Morgan fingerprint density at radius 1 is 1.19 bits per heavy atom. The number of amides is 3. The van der Waals surface area contributed by atoms with Gasteiger partial charge in [0.2, 0.25) is 5.91 Å². The van der Waals surface area contributed by atoms with Crippen molar-refractivity contribution in [3.05, 3.63) is 0 Å². The van der Waals surface area contributed by atoms with Crippen LogP contribution in [0.25, 0.3) is 0 Å². The standard InChI is InChI=1S/C14H25N3O4/c1-13(2,3)10(18)15-6-7-16-12(21)17-8-5-14(4,9-17)11(19)20/h5-9H2,1-4H3,(H,15,18)(H,16,21)(H,19,20). The Labute approximate surface area is 125 Å². The van der Waals surface area contributed by atoms with Gasteiger partial charge in [-0.05, 0) is 13.3 Å². The molecule has 0 saturated carbocycles. The molecule has 0 aromatic heterocycles. The maximum Gasteiger partial charge on any atom is 0.317 e. The van der Waals surface area contributed by atoms with Crippen LogP contribution < -0.4 is 10.6 Å². The van der Waals surface area contributed by atoms with Crippen molar-refractivity contribution in [1.82, 2.24) is 15.5 Å². The molecule has 1 atom stereocenters. The lowest BCUT2D eigenvalue weighted by Gasteiger charge is -2.21. The van der Waals surface area contributed by atoms with Crippen molar-refractivity contribution in [2.45, 2.75) is 34.1 Å². The molecule has 0 radical (unpaired) electrons. The first-order valence-corrected chi connectivity index (χ1v) is 7.11. The number of urea groups is 1. The van der Waals surface area contributed by atoms with Crippen LogP contribution in [-0.2, 0) is 9.59 Å². The third kappa shape index (κ3) is 4.61. The van der Waals surface area contributed by atoms with Gasteiger partial charge < -0.3 is 20.6 Å². The minimum atomic E-state index is -0.879. The topological polar surface area (TPSA) is 98.7 Å². The molecule has 7 heteroatoms. The van der Waals surface area contributed by atoms with E-state index in [0.717, 1.165) is 0 Å². The maximum atomic E-state index is 11.9. The van der Waals surface area contributed by atoms with Crippen LogP contribution in [0.15, 0.2) is 0 Å². The zero-order valence-electron chi connectivity index (χ0n) is 13.2. The second kappa shape index (κ2) is 6.32. The Bertz CT molecular complexity index is 430. The first-order chi connectivity index (χ1) is 9.56. The first-order valence-electron chi connectivity index (χ1n) is 7.11. The Balaban J connectivity index is 2.30. The molecule has 3 amide bonds. The van der Waals surface area contributed by atoms with Crippen LogP contribution in [0.2, 0.25) is 0 Å². The highest BCUT2D eigenvalue weighted by Crippen LogP contribution is 2.29. The smallest absolute Gasteiger partial charge is 0.317 e. The quantitative estimate of drug-likeness (QED) is 0.664. The zero-order chi connectivity index (χ0) is 16.3. The number of carbonyl (C=O) groups is 3. The highest BCUT2D eigenvalue weighted by Gasteiger charge is 2.42. The average molecular weight is 299 g/mol. The summed E-state index contributed by atoms with van der Waals surface area (Å²) in [5, 5.41) is 14.5. The predicted molar refractivity (Wildman–Crippen MR) is 77.8 cm³/mol. The number of carboxylic acids is 1. The summed E-state index contributed by atoms with van der Waals surface area (Å²) in [6.07, 6.45) is 0.455. The van der Waals surface area contributed by atoms with Gasteiger partial charge in [0.1, 0.15) is 0 Å². The monoisotopic (exact) mass is 299 g/mol. The van der Waals surface area contributed by atoms with Crippen LogP contribution in [0.4, 0.5) is 4.79 Å². The van der Waals surface area contributed by atoms with Gasteiger partial charge in [-0.1, -0.05) is 20.8 Å². The Morgan fingerprint density at radius 2 is 1.76 bits per heavy atom. The SMILES string of the molecule is CC(C)(C)C(=O)NCCNC(=O)N1CCC(C)(C(=O)O)C1. The fourth-order valence-electron chi connectivity index (χ4n) is 2.03. The predicted octanol–water partition coefficient (Wildman–Crippen LogP) is 0.655. The van der Waals surface area contributed by atoms with Crippen LogP contribution in [0.3, 0.4) is 0 Å². The van der Waals surface area contributed by atoms with E-state index in [2.05, 4.69) is 10.6 Å². The molecule has 1 heterocycles. The highest BCUT2D eigenvalue weighted by atomic mass is 16.4. The van der Waals surface area contributed by atoms with Crippen molar-refractivity contribution in [3.63, 3.8) is 0 Å². The van der Waals surface area contributed by atoms with Gasteiger partial charge in [0, 0.05) is 31.6 Å². The number of nitrogens with one attached hydrogen (secondary N) is 2. The molecule has 7 nitrogen and oxygen atoms in total. The number of likely N-dealkylation sites (tertiary alicyclic amines) is 1. The molecule has 3 N–H and O–H groups in total. The molecule has 1 aliphatic heterocycles. The fraction of sp³-hybridized carbons (Fsp3) is 0.786. The van der Waals surface area contributed by atoms with E-state index in [4.69, 9.17) is 5.11 Å². The summed E-state index contributed by atoms with van der Waals surface area (Å²) >= 11 is 0. The molecule has 21 heavy (non-hydrogen) atoms. The van der Waals surface area contributed by atoms with Crippen molar-refractivity contribution in [3.8, 4) is 0 Å². The summed E-state index contributed by atoms with van der Waals surface area (Å²) < 4.78 is 0. The van der Waals surface area contributed by atoms with E-state index >= 15 is 0 Å². The van der Waals surface area contributed by atoms with E-state index in [-0.39, 0.29) is 18.5 Å². The fourth-order valence-corrected chi connectivity index (χ4v) is 2.03. The minimum Gasteiger partial charge on any atom is -0.481 e. The van der Waals surface area contributed by atoms with Crippen LogP contribution in [0.5, 0.6) is 0 Å². The molecular formula is C14H25N3O4. The maximum absolute atomic E-state index is 11.9. The number of hydrogen-bond acceptors (Lipinski definition) is 3. The lowest BCUT2D eigenvalue weighted by atomic mass is 9.90. The Morgan fingerprint density at radius 3 is 2.24 bits per heavy atom. The summed E-state index contributed by atoms with van der Waals surface area (Å²) in [6, 6.07) is -0.287. The molecule has 1 saturated heterocycles. The number of rotatable bonds is 4. The van der Waals surface area contributed by atoms with Crippen LogP contribution in [-0.4, -0.2) is 54.1 Å². The third-order valence-electron chi connectivity index (χ3n) is 3.64. The van der Waals surface area contributed by atoms with Crippen molar-refractivity contribution in [1.29, 1.82) is 0 Å². The zero-order valence-corrected chi connectivity index (χ0v) is 13.2.